The highest BCUT2D eigenvalue weighted by Crippen LogP contribution is 2.42. The summed E-state index contributed by atoms with van der Waals surface area (Å²) in [6.07, 6.45) is 2.69. The molecule has 1 heterocycles. The second-order valence-electron chi connectivity index (χ2n) is 5.25. The van der Waals surface area contributed by atoms with E-state index in [9.17, 15) is 0 Å². The van der Waals surface area contributed by atoms with Crippen LogP contribution in [-0.2, 0) is 0 Å². The highest BCUT2D eigenvalue weighted by molar-refractivity contribution is 9.10. The van der Waals surface area contributed by atoms with Crippen molar-refractivity contribution < 1.29 is 0 Å². The third-order valence-corrected chi connectivity index (χ3v) is 4.80. The summed E-state index contributed by atoms with van der Waals surface area (Å²) < 4.78 is 2.34. The number of aromatic nitrogens is 1. The van der Waals surface area contributed by atoms with Gasteiger partial charge < -0.3 is 5.32 Å². The topological polar surface area (TPSA) is 24.9 Å². The Morgan fingerprint density at radius 3 is 2.88 bits per heavy atom. The lowest BCUT2D eigenvalue weighted by molar-refractivity contribution is 0.494. The Labute approximate surface area is 114 Å². The first-order valence-corrected chi connectivity index (χ1v) is 7.50. The van der Waals surface area contributed by atoms with Crippen LogP contribution in [-0.4, -0.2) is 10.5 Å². The summed E-state index contributed by atoms with van der Waals surface area (Å²) in [5.41, 5.74) is 1.25. The van der Waals surface area contributed by atoms with Crippen molar-refractivity contribution in [1.29, 1.82) is 0 Å². The molecule has 1 fully saturated rings. The predicted octanol–water partition coefficient (Wildman–Crippen LogP) is 4.66. The van der Waals surface area contributed by atoms with E-state index >= 15 is 0 Å². The molecule has 1 aromatic heterocycles. The van der Waals surface area contributed by atoms with Gasteiger partial charge >= 0.3 is 0 Å². The minimum atomic E-state index is 0.172. The van der Waals surface area contributed by atoms with Crippen LogP contribution in [0.4, 0.5) is 5.13 Å². The molecule has 0 radical (unpaired) electrons. The van der Waals surface area contributed by atoms with E-state index in [4.69, 9.17) is 0 Å². The SMILES string of the molecule is CC(C)(Nc1nc2ccc(Br)cc2s1)C1CC1. The zero-order valence-corrected chi connectivity index (χ0v) is 12.4. The number of nitrogens with zero attached hydrogens (tertiary/aromatic N) is 1. The first kappa shape index (κ1) is 11.5. The molecule has 4 heteroatoms. The summed E-state index contributed by atoms with van der Waals surface area (Å²) in [4.78, 5) is 4.64. The molecule has 90 valence electrons. The van der Waals surface area contributed by atoms with Crippen LogP contribution in [0.2, 0.25) is 0 Å². The van der Waals surface area contributed by atoms with Crippen LogP contribution in [0.15, 0.2) is 22.7 Å². The Morgan fingerprint density at radius 2 is 2.18 bits per heavy atom. The Bertz CT molecular complexity index is 558. The van der Waals surface area contributed by atoms with Crippen molar-refractivity contribution in [2.45, 2.75) is 32.2 Å². The molecule has 0 amide bonds. The fraction of sp³-hybridized carbons (Fsp3) is 0.462. The molecule has 0 unspecified atom stereocenters. The third-order valence-electron chi connectivity index (χ3n) is 3.38. The largest absolute Gasteiger partial charge is 0.356 e. The van der Waals surface area contributed by atoms with Gasteiger partial charge in [-0.1, -0.05) is 27.3 Å². The van der Waals surface area contributed by atoms with Gasteiger partial charge in [-0.2, -0.15) is 0 Å². The lowest BCUT2D eigenvalue weighted by Crippen LogP contribution is -2.33. The molecule has 1 saturated carbocycles. The number of benzene rings is 1. The Balaban J connectivity index is 1.90. The third kappa shape index (κ3) is 2.33. The van der Waals surface area contributed by atoms with Crippen molar-refractivity contribution in [1.82, 2.24) is 4.98 Å². The molecule has 0 saturated heterocycles. The predicted molar refractivity (Wildman–Crippen MR) is 77.7 cm³/mol. The maximum Gasteiger partial charge on any atom is 0.184 e. The molecule has 1 N–H and O–H groups in total. The van der Waals surface area contributed by atoms with Gasteiger partial charge in [0.2, 0.25) is 0 Å². The summed E-state index contributed by atoms with van der Waals surface area (Å²) in [5.74, 6) is 0.807. The molecule has 0 spiro atoms. The van der Waals surface area contributed by atoms with E-state index in [-0.39, 0.29) is 5.54 Å². The van der Waals surface area contributed by atoms with Gasteiger partial charge in [-0.3, -0.25) is 0 Å². The van der Waals surface area contributed by atoms with Gasteiger partial charge in [0.15, 0.2) is 5.13 Å². The van der Waals surface area contributed by atoms with Crippen molar-refractivity contribution in [3.63, 3.8) is 0 Å². The van der Waals surface area contributed by atoms with Crippen molar-refractivity contribution in [3.05, 3.63) is 22.7 Å². The van der Waals surface area contributed by atoms with E-state index in [0.717, 1.165) is 21.0 Å². The van der Waals surface area contributed by atoms with Crippen LogP contribution in [0.5, 0.6) is 0 Å². The summed E-state index contributed by atoms with van der Waals surface area (Å²) in [7, 11) is 0. The smallest absolute Gasteiger partial charge is 0.184 e. The number of rotatable bonds is 3. The van der Waals surface area contributed by atoms with Gasteiger partial charge in [0.1, 0.15) is 0 Å². The quantitative estimate of drug-likeness (QED) is 0.892. The van der Waals surface area contributed by atoms with Gasteiger partial charge in [-0.15, -0.1) is 0 Å². The number of hydrogen-bond donors (Lipinski definition) is 1. The van der Waals surface area contributed by atoms with Crippen LogP contribution in [0, 0.1) is 5.92 Å². The fourth-order valence-electron chi connectivity index (χ4n) is 2.13. The highest BCUT2D eigenvalue weighted by Gasteiger charge is 2.38. The van der Waals surface area contributed by atoms with Crippen molar-refractivity contribution >= 4 is 42.6 Å². The summed E-state index contributed by atoms with van der Waals surface area (Å²) in [6.45, 7) is 4.54. The number of nitrogens with one attached hydrogen (secondary N) is 1. The average Bonchev–Trinajstić information content (AvgIpc) is 3.01. The lowest BCUT2D eigenvalue weighted by Gasteiger charge is -2.25. The molecule has 1 aromatic carbocycles. The first-order chi connectivity index (χ1) is 8.04. The average molecular weight is 311 g/mol. The molecule has 2 aromatic rings. The van der Waals surface area contributed by atoms with Crippen LogP contribution in [0.3, 0.4) is 0 Å². The number of thiazole rings is 1. The van der Waals surface area contributed by atoms with E-state index in [2.05, 4.69) is 52.2 Å². The summed E-state index contributed by atoms with van der Waals surface area (Å²) in [5, 5.41) is 4.62. The molecule has 2 nitrogen and oxygen atoms in total. The van der Waals surface area contributed by atoms with Gasteiger partial charge in [-0.25, -0.2) is 4.98 Å². The van der Waals surface area contributed by atoms with Gasteiger partial charge in [-0.05, 0) is 50.8 Å². The number of anilines is 1. The van der Waals surface area contributed by atoms with Gasteiger partial charge in [0.25, 0.3) is 0 Å². The van der Waals surface area contributed by atoms with Gasteiger partial charge in [0, 0.05) is 10.0 Å². The van der Waals surface area contributed by atoms with Crippen LogP contribution in [0.1, 0.15) is 26.7 Å². The molecule has 1 aliphatic carbocycles. The van der Waals surface area contributed by atoms with Crippen LogP contribution >= 0.6 is 27.3 Å². The van der Waals surface area contributed by atoms with Crippen molar-refractivity contribution in [2.24, 2.45) is 5.92 Å². The zero-order chi connectivity index (χ0) is 12.0. The Morgan fingerprint density at radius 1 is 1.41 bits per heavy atom. The number of hydrogen-bond acceptors (Lipinski definition) is 3. The van der Waals surface area contributed by atoms with E-state index in [0.29, 0.717) is 0 Å². The molecule has 0 atom stereocenters. The lowest BCUT2D eigenvalue weighted by atomic mass is 9.99. The Hall–Kier alpha value is -0.610. The maximum absolute atomic E-state index is 4.64. The van der Waals surface area contributed by atoms with E-state index in [1.165, 1.54) is 17.5 Å². The van der Waals surface area contributed by atoms with Crippen LogP contribution < -0.4 is 5.32 Å². The molecular formula is C13H15BrN2S. The molecule has 0 aliphatic heterocycles. The molecule has 3 rings (SSSR count). The summed E-state index contributed by atoms with van der Waals surface area (Å²) in [6, 6.07) is 6.23. The minimum Gasteiger partial charge on any atom is -0.356 e. The number of fused-ring (bicyclic) bond motifs is 1. The van der Waals surface area contributed by atoms with Crippen molar-refractivity contribution in [2.75, 3.05) is 5.32 Å². The molecule has 0 bridgehead atoms. The standard InChI is InChI=1S/C13H15BrN2S/c1-13(2,8-3-4-8)16-12-15-10-6-5-9(14)7-11(10)17-12/h5-8H,3-4H2,1-2H3,(H,15,16). The van der Waals surface area contributed by atoms with Gasteiger partial charge in [0.05, 0.1) is 10.2 Å². The highest BCUT2D eigenvalue weighted by atomic mass is 79.9. The first-order valence-electron chi connectivity index (χ1n) is 5.89. The monoisotopic (exact) mass is 310 g/mol. The fourth-order valence-corrected chi connectivity index (χ4v) is 3.72. The molecule has 17 heavy (non-hydrogen) atoms. The second-order valence-corrected chi connectivity index (χ2v) is 7.20. The van der Waals surface area contributed by atoms with E-state index in [1.54, 1.807) is 11.3 Å². The second kappa shape index (κ2) is 3.95. The summed E-state index contributed by atoms with van der Waals surface area (Å²) >= 11 is 5.23. The maximum atomic E-state index is 4.64. The van der Waals surface area contributed by atoms with E-state index < -0.39 is 0 Å². The number of halogens is 1. The normalized spacial score (nSPS) is 16.4. The molecule has 1 aliphatic rings. The van der Waals surface area contributed by atoms with Crippen molar-refractivity contribution in [3.8, 4) is 0 Å². The molecular weight excluding hydrogens is 296 g/mol. The Kier molecular flexibility index (Phi) is 2.67. The minimum absolute atomic E-state index is 0.172. The van der Waals surface area contributed by atoms with E-state index in [1.807, 2.05) is 6.07 Å². The van der Waals surface area contributed by atoms with Crippen LogP contribution in [0.25, 0.3) is 10.2 Å². The zero-order valence-electron chi connectivity index (χ0n) is 9.96.